The van der Waals surface area contributed by atoms with Crippen LogP contribution < -0.4 is 4.90 Å². The Morgan fingerprint density at radius 3 is 2.75 bits per heavy atom. The molecular weight excluding hydrogens is 304 g/mol. The molecule has 1 N–H and O–H groups in total. The van der Waals surface area contributed by atoms with E-state index in [1.165, 1.54) is 0 Å². The molecule has 0 aliphatic heterocycles. The first kappa shape index (κ1) is 17.5. The van der Waals surface area contributed by atoms with Crippen LogP contribution in [0.2, 0.25) is 0 Å². The molecule has 5 heteroatoms. The summed E-state index contributed by atoms with van der Waals surface area (Å²) < 4.78 is 5.09. The first-order valence-corrected chi connectivity index (χ1v) is 7.55. The number of likely N-dealkylation sites (N-methyl/N-ethyl adjacent to an activating group) is 1. The number of carbonyl (C=O) groups is 1. The fourth-order valence-corrected chi connectivity index (χ4v) is 2.29. The first-order valence-electron chi connectivity index (χ1n) is 7.55. The van der Waals surface area contributed by atoms with Gasteiger partial charge in [-0.3, -0.25) is 0 Å². The highest BCUT2D eigenvalue weighted by molar-refractivity contribution is 5.88. The number of nitrogens with zero attached hydrogens (tertiary/aromatic N) is 2. The number of aliphatic carboxylic acids is 1. The molecule has 1 heterocycles. The van der Waals surface area contributed by atoms with Gasteiger partial charge < -0.3 is 14.7 Å². The maximum atomic E-state index is 10.8. The Morgan fingerprint density at radius 2 is 2.04 bits per heavy atom. The number of benzene rings is 1. The zero-order valence-corrected chi connectivity index (χ0v) is 14.0. The summed E-state index contributed by atoms with van der Waals surface area (Å²) in [4.78, 5) is 17.5. The van der Waals surface area contributed by atoms with Crippen LogP contribution in [-0.4, -0.2) is 43.4 Å². The molecular formula is C19H20N2O3. The highest BCUT2D eigenvalue weighted by atomic mass is 16.5. The Hall–Kier alpha value is -2.84. The molecule has 0 spiro atoms. The maximum Gasteiger partial charge on any atom is 0.382 e. The van der Waals surface area contributed by atoms with Gasteiger partial charge in [-0.2, -0.15) is 0 Å². The van der Waals surface area contributed by atoms with Gasteiger partial charge in [0.05, 0.1) is 12.3 Å². The minimum Gasteiger partial charge on any atom is -0.472 e. The minimum atomic E-state index is -1.15. The van der Waals surface area contributed by atoms with E-state index in [0.717, 1.165) is 29.2 Å². The summed E-state index contributed by atoms with van der Waals surface area (Å²) in [5, 5.41) is 8.82. The second kappa shape index (κ2) is 8.14. The van der Waals surface area contributed by atoms with E-state index < -0.39 is 5.97 Å². The second-order valence-electron chi connectivity index (χ2n) is 5.35. The van der Waals surface area contributed by atoms with Crippen molar-refractivity contribution in [3.63, 3.8) is 0 Å². The van der Waals surface area contributed by atoms with Gasteiger partial charge in [-0.25, -0.2) is 9.78 Å². The Balaban J connectivity index is 2.44. The van der Waals surface area contributed by atoms with Crippen molar-refractivity contribution in [2.24, 2.45) is 0 Å². The van der Waals surface area contributed by atoms with E-state index in [-0.39, 0.29) is 0 Å². The molecule has 0 aliphatic rings. The molecule has 0 bridgehead atoms. The first-order chi connectivity index (χ1) is 11.5. The largest absolute Gasteiger partial charge is 0.472 e. The maximum absolute atomic E-state index is 10.8. The van der Waals surface area contributed by atoms with Crippen LogP contribution in [0.25, 0.3) is 11.3 Å². The second-order valence-corrected chi connectivity index (χ2v) is 5.35. The Labute approximate surface area is 141 Å². The summed E-state index contributed by atoms with van der Waals surface area (Å²) in [6, 6.07) is 11.5. The number of carboxylic acid groups (broad SMARTS) is 1. The number of aryl methyl sites for hydroxylation is 1. The van der Waals surface area contributed by atoms with Gasteiger partial charge in [0, 0.05) is 37.7 Å². The molecule has 5 nitrogen and oxygen atoms in total. The summed E-state index contributed by atoms with van der Waals surface area (Å²) in [7, 11) is 3.62. The summed E-state index contributed by atoms with van der Waals surface area (Å²) in [6.07, 6.45) is 0. The lowest BCUT2D eigenvalue weighted by atomic mass is 9.99. The molecule has 0 saturated carbocycles. The van der Waals surface area contributed by atoms with Crippen LogP contribution in [0.5, 0.6) is 0 Å². The molecule has 1 aromatic heterocycles. The third-order valence-corrected chi connectivity index (χ3v) is 3.60. The van der Waals surface area contributed by atoms with E-state index >= 15 is 0 Å². The van der Waals surface area contributed by atoms with E-state index in [4.69, 9.17) is 9.84 Å². The zero-order valence-electron chi connectivity index (χ0n) is 14.0. The van der Waals surface area contributed by atoms with Crippen LogP contribution in [0, 0.1) is 18.8 Å². The molecule has 0 amide bonds. The van der Waals surface area contributed by atoms with E-state index in [9.17, 15) is 4.79 Å². The van der Waals surface area contributed by atoms with Crippen molar-refractivity contribution in [2.45, 2.75) is 6.92 Å². The lowest BCUT2D eigenvalue weighted by molar-refractivity contribution is -0.130. The van der Waals surface area contributed by atoms with Crippen molar-refractivity contribution in [3.8, 4) is 23.1 Å². The topological polar surface area (TPSA) is 62.7 Å². The number of methoxy groups -OCH3 is 1. The number of carboxylic acids is 1. The van der Waals surface area contributed by atoms with Gasteiger partial charge in [0.1, 0.15) is 5.82 Å². The van der Waals surface area contributed by atoms with E-state index in [0.29, 0.717) is 12.2 Å². The Kier molecular flexibility index (Phi) is 5.94. The summed E-state index contributed by atoms with van der Waals surface area (Å²) in [5.41, 5.74) is 3.19. The van der Waals surface area contributed by atoms with Crippen LogP contribution in [0.15, 0.2) is 36.4 Å². The van der Waals surface area contributed by atoms with Gasteiger partial charge in [0.25, 0.3) is 0 Å². The number of ether oxygens (including phenoxy) is 1. The van der Waals surface area contributed by atoms with Gasteiger partial charge in [-0.1, -0.05) is 30.2 Å². The number of hydrogen-bond acceptors (Lipinski definition) is 4. The van der Waals surface area contributed by atoms with Crippen LogP contribution in [0.4, 0.5) is 5.82 Å². The molecule has 0 atom stereocenters. The average Bonchev–Trinajstić information content (AvgIpc) is 2.58. The molecule has 0 fully saturated rings. The molecule has 24 heavy (non-hydrogen) atoms. The third-order valence-electron chi connectivity index (χ3n) is 3.60. The average molecular weight is 324 g/mol. The molecule has 2 aromatic rings. The van der Waals surface area contributed by atoms with Crippen molar-refractivity contribution >= 4 is 11.8 Å². The number of pyridine rings is 1. The molecule has 0 aliphatic carbocycles. The molecule has 0 unspecified atom stereocenters. The normalized spacial score (nSPS) is 9.96. The van der Waals surface area contributed by atoms with Crippen LogP contribution in [-0.2, 0) is 9.53 Å². The summed E-state index contributed by atoms with van der Waals surface area (Å²) >= 11 is 0. The van der Waals surface area contributed by atoms with E-state index in [2.05, 4.69) is 16.8 Å². The third kappa shape index (κ3) is 4.34. The predicted octanol–water partition coefficient (Wildman–Crippen LogP) is 2.58. The SMILES string of the molecule is COCCN(C)c1cccc(-c2cccc(C)c2C#CC(=O)O)n1. The van der Waals surface area contributed by atoms with Crippen molar-refractivity contribution in [1.29, 1.82) is 0 Å². The van der Waals surface area contributed by atoms with Crippen molar-refractivity contribution < 1.29 is 14.6 Å². The fraction of sp³-hybridized carbons (Fsp3) is 0.263. The molecule has 0 radical (unpaired) electrons. The molecule has 124 valence electrons. The van der Waals surface area contributed by atoms with Crippen LogP contribution >= 0.6 is 0 Å². The zero-order chi connectivity index (χ0) is 17.5. The van der Waals surface area contributed by atoms with Gasteiger partial charge in [0.2, 0.25) is 0 Å². The van der Waals surface area contributed by atoms with E-state index in [1.54, 1.807) is 7.11 Å². The molecule has 1 aromatic carbocycles. The monoisotopic (exact) mass is 324 g/mol. The van der Waals surface area contributed by atoms with Crippen molar-refractivity contribution in [1.82, 2.24) is 4.98 Å². The quantitative estimate of drug-likeness (QED) is 0.857. The van der Waals surface area contributed by atoms with Gasteiger partial charge in [0.15, 0.2) is 0 Å². The standard InChI is InChI=1S/C19H20N2O3/c1-14-6-4-7-16(15(14)10-11-19(22)23)17-8-5-9-18(20-17)21(2)12-13-24-3/h4-9H,12-13H2,1-3H3,(H,22,23). The smallest absolute Gasteiger partial charge is 0.382 e. The molecule has 2 rings (SSSR count). The van der Waals surface area contributed by atoms with Gasteiger partial charge in [-0.05, 0) is 24.6 Å². The highest BCUT2D eigenvalue weighted by Crippen LogP contribution is 2.25. The lowest BCUT2D eigenvalue weighted by Crippen LogP contribution is -2.23. The van der Waals surface area contributed by atoms with Gasteiger partial charge in [-0.15, -0.1) is 0 Å². The van der Waals surface area contributed by atoms with Gasteiger partial charge >= 0.3 is 5.97 Å². The minimum absolute atomic E-state index is 0.613. The number of hydrogen-bond donors (Lipinski definition) is 1. The van der Waals surface area contributed by atoms with Crippen LogP contribution in [0.3, 0.4) is 0 Å². The number of aromatic nitrogens is 1. The summed E-state index contributed by atoms with van der Waals surface area (Å²) in [6.45, 7) is 3.25. The Bertz CT molecular complexity index is 791. The van der Waals surface area contributed by atoms with Crippen LogP contribution in [0.1, 0.15) is 11.1 Å². The van der Waals surface area contributed by atoms with Crippen molar-refractivity contribution in [2.75, 3.05) is 32.2 Å². The predicted molar refractivity (Wildman–Crippen MR) is 94.1 cm³/mol. The Morgan fingerprint density at radius 1 is 1.29 bits per heavy atom. The molecule has 0 saturated heterocycles. The number of rotatable bonds is 5. The fourth-order valence-electron chi connectivity index (χ4n) is 2.29. The van der Waals surface area contributed by atoms with Crippen molar-refractivity contribution in [3.05, 3.63) is 47.5 Å². The highest BCUT2D eigenvalue weighted by Gasteiger charge is 2.10. The lowest BCUT2D eigenvalue weighted by Gasteiger charge is -2.18. The van der Waals surface area contributed by atoms with E-state index in [1.807, 2.05) is 55.3 Å². The number of anilines is 1. The summed E-state index contributed by atoms with van der Waals surface area (Å²) in [5.74, 6) is 4.60.